The molecule has 0 aromatic rings. The Labute approximate surface area is 190 Å². The largest absolute Gasteiger partial charge is 0.469 e. The zero-order valence-corrected chi connectivity index (χ0v) is 19.9. The van der Waals surface area contributed by atoms with Crippen LogP contribution in [0.15, 0.2) is 0 Å². The molecule has 0 bridgehead atoms. The van der Waals surface area contributed by atoms with E-state index >= 15 is 0 Å². The summed E-state index contributed by atoms with van der Waals surface area (Å²) in [7, 11) is 2.47. The van der Waals surface area contributed by atoms with Crippen molar-refractivity contribution in [3.05, 3.63) is 0 Å². The Kier molecular flexibility index (Phi) is 28.6. The number of ether oxygens (including phenoxy) is 3. The summed E-state index contributed by atoms with van der Waals surface area (Å²) in [6.07, 6.45) is 6.65. The normalized spacial score (nSPS) is 9.31. The molecule has 0 unspecified atom stereocenters. The number of carbonyl (C=O) groups is 5. The van der Waals surface area contributed by atoms with E-state index in [0.29, 0.717) is 6.61 Å². The van der Waals surface area contributed by atoms with Gasteiger partial charge >= 0.3 is 17.9 Å². The Morgan fingerprint density at radius 3 is 1.62 bits per heavy atom. The van der Waals surface area contributed by atoms with Crippen LogP contribution in [0.4, 0.5) is 0 Å². The third kappa shape index (κ3) is 29.9. The highest BCUT2D eigenvalue weighted by Crippen LogP contribution is 2.01. The van der Waals surface area contributed by atoms with Gasteiger partial charge in [0.1, 0.15) is 6.42 Å². The topological polar surface area (TPSA) is 153 Å². The van der Waals surface area contributed by atoms with Crippen molar-refractivity contribution in [2.75, 3.05) is 34.0 Å². The van der Waals surface area contributed by atoms with E-state index in [0.717, 1.165) is 52.6 Å². The van der Waals surface area contributed by atoms with Gasteiger partial charge in [-0.15, -0.1) is 0 Å². The second kappa shape index (κ2) is 26.7. The molecule has 0 amide bonds. The van der Waals surface area contributed by atoms with Crippen LogP contribution >= 0.6 is 0 Å². The smallest absolute Gasteiger partial charge is 0.313 e. The van der Waals surface area contributed by atoms with E-state index in [2.05, 4.69) is 16.4 Å². The number of rotatable bonds is 15. The summed E-state index contributed by atoms with van der Waals surface area (Å²) in [6, 6.07) is 0. The molecule has 0 aromatic heterocycles. The first-order chi connectivity index (χ1) is 15.2. The molecule has 188 valence electrons. The molecule has 0 fully saturated rings. The van der Waals surface area contributed by atoms with Crippen molar-refractivity contribution in [2.24, 2.45) is 0 Å². The Hall–Kier alpha value is -2.33. The summed E-state index contributed by atoms with van der Waals surface area (Å²) >= 11 is 0. The predicted molar refractivity (Wildman–Crippen MR) is 117 cm³/mol. The first-order valence-electron chi connectivity index (χ1n) is 10.7. The summed E-state index contributed by atoms with van der Waals surface area (Å²) in [4.78, 5) is 52.8. The number of ketones is 2. The third-order valence-corrected chi connectivity index (χ3v) is 3.76. The fourth-order valence-corrected chi connectivity index (χ4v) is 1.82. The first kappa shape index (κ1) is 34.3. The Bertz CT molecular complexity index is 513. The lowest BCUT2D eigenvalue weighted by Gasteiger charge is -2.03. The monoisotopic (exact) mass is 464 g/mol. The zero-order valence-electron chi connectivity index (χ0n) is 19.9. The minimum atomic E-state index is -0.716. The van der Waals surface area contributed by atoms with Crippen molar-refractivity contribution in [3.63, 3.8) is 0 Å². The predicted octanol–water partition coefficient (Wildman–Crippen LogP) is 1.91. The number of hydrogen-bond acceptors (Lipinski definition) is 10. The fraction of sp³-hybridized carbons (Fsp3) is 0.773. The van der Waals surface area contributed by atoms with Crippen molar-refractivity contribution in [1.82, 2.24) is 0 Å². The van der Waals surface area contributed by atoms with Crippen LogP contribution in [0, 0.1) is 0 Å². The number of Topliss-reactive ketones (excluding diaryl/α,β-unsaturated/α-hetero) is 2. The highest BCUT2D eigenvalue weighted by molar-refractivity contribution is 6.39. The second-order valence-corrected chi connectivity index (χ2v) is 6.60. The molecular weight excluding hydrogens is 424 g/mol. The molecule has 0 spiro atoms. The van der Waals surface area contributed by atoms with Crippen LogP contribution in [0.1, 0.15) is 78.1 Å². The number of aliphatic hydroxyl groups excluding tert-OH is 2. The highest BCUT2D eigenvalue weighted by Gasteiger charge is 2.13. The molecule has 0 aromatic carbocycles. The van der Waals surface area contributed by atoms with Crippen LogP contribution in [0.5, 0.6) is 0 Å². The number of methoxy groups -OCH3 is 2. The van der Waals surface area contributed by atoms with Gasteiger partial charge in [0.2, 0.25) is 5.78 Å². The van der Waals surface area contributed by atoms with Gasteiger partial charge in [0.15, 0.2) is 5.78 Å². The molecule has 10 nitrogen and oxygen atoms in total. The van der Waals surface area contributed by atoms with Crippen molar-refractivity contribution in [3.8, 4) is 0 Å². The minimum Gasteiger partial charge on any atom is -0.469 e. The van der Waals surface area contributed by atoms with Crippen LogP contribution in [0.2, 0.25) is 0 Å². The molecule has 0 atom stereocenters. The third-order valence-electron chi connectivity index (χ3n) is 3.76. The lowest BCUT2D eigenvalue weighted by atomic mass is 10.2. The van der Waals surface area contributed by atoms with E-state index in [1.807, 2.05) is 0 Å². The van der Waals surface area contributed by atoms with Gasteiger partial charge in [0.25, 0.3) is 0 Å². The van der Waals surface area contributed by atoms with Gasteiger partial charge in [0, 0.05) is 20.1 Å². The Morgan fingerprint density at radius 2 is 1.19 bits per heavy atom. The van der Waals surface area contributed by atoms with Gasteiger partial charge in [-0.05, 0) is 25.7 Å². The highest BCUT2D eigenvalue weighted by atomic mass is 16.5. The van der Waals surface area contributed by atoms with Gasteiger partial charge in [-0.25, -0.2) is 0 Å². The standard InChI is InChI=1S/C11H20O4.C6H8O4.C5H12O2/c1-3-4-5-6-9-15-11(13)8-7-10(12)14-2;1-4(7)5(8)3-6(9)10-2;6-4-2-1-3-5-7/h3-9H2,1-2H3;3H2,1-2H3;6-7H,1-5H2. The van der Waals surface area contributed by atoms with Gasteiger partial charge in [-0.3, -0.25) is 24.0 Å². The van der Waals surface area contributed by atoms with Crippen LogP contribution < -0.4 is 0 Å². The number of esters is 3. The zero-order chi connectivity index (χ0) is 25.2. The maximum atomic E-state index is 11.1. The van der Waals surface area contributed by atoms with Crippen LogP contribution in [0.25, 0.3) is 0 Å². The number of hydrogen-bond donors (Lipinski definition) is 2. The number of aliphatic hydroxyl groups is 2. The van der Waals surface area contributed by atoms with E-state index in [1.165, 1.54) is 13.5 Å². The van der Waals surface area contributed by atoms with Crippen LogP contribution in [0.3, 0.4) is 0 Å². The van der Waals surface area contributed by atoms with E-state index in [9.17, 15) is 24.0 Å². The summed E-state index contributed by atoms with van der Waals surface area (Å²) in [5, 5.41) is 16.4. The second-order valence-electron chi connectivity index (χ2n) is 6.60. The molecule has 0 aliphatic carbocycles. The lowest BCUT2D eigenvalue weighted by molar-refractivity contribution is -0.149. The van der Waals surface area contributed by atoms with Crippen molar-refractivity contribution in [2.45, 2.75) is 78.1 Å². The first-order valence-corrected chi connectivity index (χ1v) is 10.7. The number of carbonyl (C=O) groups excluding carboxylic acids is 5. The molecule has 0 aliphatic rings. The lowest BCUT2D eigenvalue weighted by Crippen LogP contribution is -2.15. The average Bonchev–Trinajstić information content (AvgIpc) is 2.78. The van der Waals surface area contributed by atoms with E-state index in [4.69, 9.17) is 14.9 Å². The SMILES string of the molecule is CCCCCCOC(=O)CCC(=O)OC.COC(=O)CC(=O)C(C)=O.OCCCCCO. The maximum Gasteiger partial charge on any atom is 0.313 e. The average molecular weight is 465 g/mol. The Morgan fingerprint density at radius 1 is 0.688 bits per heavy atom. The molecule has 32 heavy (non-hydrogen) atoms. The van der Waals surface area contributed by atoms with Crippen molar-refractivity contribution in [1.29, 1.82) is 0 Å². The van der Waals surface area contributed by atoms with Crippen molar-refractivity contribution >= 4 is 29.5 Å². The summed E-state index contributed by atoms with van der Waals surface area (Å²) in [6.45, 7) is 4.20. The van der Waals surface area contributed by atoms with E-state index in [-0.39, 0.29) is 38.0 Å². The van der Waals surface area contributed by atoms with Gasteiger partial charge in [-0.2, -0.15) is 0 Å². The minimum absolute atomic E-state index is 0.101. The van der Waals surface area contributed by atoms with Gasteiger partial charge in [0.05, 0.1) is 33.7 Å². The summed E-state index contributed by atoms with van der Waals surface area (Å²) in [5.74, 6) is -2.72. The molecule has 0 heterocycles. The quantitative estimate of drug-likeness (QED) is 0.121. The van der Waals surface area contributed by atoms with Crippen LogP contribution in [-0.2, 0) is 38.2 Å². The summed E-state index contributed by atoms with van der Waals surface area (Å²) in [5.41, 5.74) is 0. The molecule has 0 rings (SSSR count). The fourth-order valence-electron chi connectivity index (χ4n) is 1.82. The Balaban J connectivity index is -0.000000427. The molecule has 0 radical (unpaired) electrons. The van der Waals surface area contributed by atoms with Crippen molar-refractivity contribution < 1.29 is 48.4 Å². The maximum absolute atomic E-state index is 11.1. The van der Waals surface area contributed by atoms with E-state index in [1.54, 1.807) is 0 Å². The molecule has 2 N–H and O–H groups in total. The van der Waals surface area contributed by atoms with E-state index < -0.39 is 24.0 Å². The molecular formula is C22H40O10. The summed E-state index contributed by atoms with van der Waals surface area (Å²) < 4.78 is 13.5. The molecule has 0 aliphatic heterocycles. The molecule has 0 saturated carbocycles. The molecule has 0 saturated heterocycles. The number of unbranched alkanes of at least 4 members (excludes halogenated alkanes) is 5. The van der Waals surface area contributed by atoms with Gasteiger partial charge in [-0.1, -0.05) is 26.2 Å². The van der Waals surface area contributed by atoms with Crippen LogP contribution in [-0.4, -0.2) is 73.7 Å². The van der Waals surface area contributed by atoms with Gasteiger partial charge < -0.3 is 24.4 Å². The molecule has 10 heteroatoms.